The van der Waals surface area contributed by atoms with E-state index in [1.807, 2.05) is 25.1 Å². The van der Waals surface area contributed by atoms with Gasteiger partial charge in [-0.15, -0.1) is 0 Å². The molecule has 1 heterocycles. The molecule has 0 aliphatic rings. The first-order chi connectivity index (χ1) is 11.5. The zero-order valence-electron chi connectivity index (χ0n) is 12.6. The van der Waals surface area contributed by atoms with E-state index in [2.05, 4.69) is 36.5 Å². The molecule has 0 unspecified atom stereocenters. The van der Waals surface area contributed by atoms with Gasteiger partial charge in [-0.05, 0) is 42.8 Å². The lowest BCUT2D eigenvalue weighted by molar-refractivity contribution is 0.590. The SMILES string of the molecule is Cc1ccc(Nc2nccc(Nc3c(F)cccc3F)n2)cc1Br. The van der Waals surface area contributed by atoms with Gasteiger partial charge in [-0.2, -0.15) is 4.98 Å². The molecule has 0 aliphatic carbocycles. The molecule has 0 saturated carbocycles. The van der Waals surface area contributed by atoms with Gasteiger partial charge in [0.05, 0.1) is 0 Å². The third-order valence-electron chi connectivity index (χ3n) is 3.30. The smallest absolute Gasteiger partial charge is 0.229 e. The van der Waals surface area contributed by atoms with Gasteiger partial charge < -0.3 is 10.6 Å². The van der Waals surface area contributed by atoms with E-state index in [1.54, 1.807) is 0 Å². The van der Waals surface area contributed by atoms with Crippen molar-refractivity contribution in [1.29, 1.82) is 0 Å². The van der Waals surface area contributed by atoms with Crippen molar-refractivity contribution in [2.45, 2.75) is 6.92 Å². The number of halogens is 3. The number of hydrogen-bond donors (Lipinski definition) is 2. The van der Waals surface area contributed by atoms with Crippen LogP contribution in [0.2, 0.25) is 0 Å². The van der Waals surface area contributed by atoms with Crippen LogP contribution in [0.1, 0.15) is 5.56 Å². The summed E-state index contributed by atoms with van der Waals surface area (Å²) in [6.45, 7) is 1.98. The van der Waals surface area contributed by atoms with Crippen LogP contribution >= 0.6 is 15.9 Å². The van der Waals surface area contributed by atoms with Gasteiger partial charge >= 0.3 is 0 Å². The topological polar surface area (TPSA) is 49.8 Å². The van der Waals surface area contributed by atoms with Crippen molar-refractivity contribution < 1.29 is 8.78 Å². The van der Waals surface area contributed by atoms with Crippen LogP contribution in [0.4, 0.5) is 31.9 Å². The predicted molar refractivity (Wildman–Crippen MR) is 93.8 cm³/mol. The minimum Gasteiger partial charge on any atom is -0.335 e. The van der Waals surface area contributed by atoms with Crippen LogP contribution in [-0.2, 0) is 0 Å². The summed E-state index contributed by atoms with van der Waals surface area (Å²) in [5.74, 6) is -0.786. The minimum absolute atomic E-state index is 0.250. The molecule has 0 atom stereocenters. The number of aryl methyl sites for hydroxylation is 1. The number of benzene rings is 2. The summed E-state index contributed by atoms with van der Waals surface area (Å²) in [5.41, 5.74) is 1.65. The highest BCUT2D eigenvalue weighted by Crippen LogP contribution is 2.24. The van der Waals surface area contributed by atoms with Gasteiger partial charge in [-0.1, -0.05) is 28.1 Å². The normalized spacial score (nSPS) is 10.5. The Morgan fingerprint density at radius 2 is 1.75 bits per heavy atom. The maximum atomic E-state index is 13.7. The van der Waals surface area contributed by atoms with Crippen LogP contribution in [0.15, 0.2) is 53.1 Å². The molecular formula is C17H13BrF2N4. The zero-order chi connectivity index (χ0) is 17.1. The van der Waals surface area contributed by atoms with Crippen LogP contribution in [0.25, 0.3) is 0 Å². The molecule has 0 radical (unpaired) electrons. The number of aromatic nitrogens is 2. The fraction of sp³-hybridized carbons (Fsp3) is 0.0588. The number of rotatable bonds is 4. The van der Waals surface area contributed by atoms with E-state index in [-0.39, 0.29) is 11.5 Å². The average molecular weight is 391 g/mol. The molecule has 24 heavy (non-hydrogen) atoms. The van der Waals surface area contributed by atoms with Gasteiger partial charge in [0.1, 0.15) is 23.1 Å². The fourth-order valence-electron chi connectivity index (χ4n) is 2.03. The van der Waals surface area contributed by atoms with Crippen LogP contribution in [-0.4, -0.2) is 9.97 Å². The molecule has 0 saturated heterocycles. The Bertz CT molecular complexity index is 866. The summed E-state index contributed by atoms with van der Waals surface area (Å²) in [6, 6.07) is 10.9. The molecule has 1 aromatic heterocycles. The zero-order valence-corrected chi connectivity index (χ0v) is 14.2. The molecule has 0 spiro atoms. The van der Waals surface area contributed by atoms with E-state index in [4.69, 9.17) is 0 Å². The first-order valence-electron chi connectivity index (χ1n) is 7.10. The summed E-state index contributed by atoms with van der Waals surface area (Å²) in [7, 11) is 0. The Labute approximate surface area is 146 Å². The third-order valence-corrected chi connectivity index (χ3v) is 4.15. The first-order valence-corrected chi connectivity index (χ1v) is 7.89. The highest BCUT2D eigenvalue weighted by Gasteiger charge is 2.09. The quantitative estimate of drug-likeness (QED) is 0.633. The van der Waals surface area contributed by atoms with E-state index >= 15 is 0 Å². The van der Waals surface area contributed by atoms with Crippen molar-refractivity contribution in [3.63, 3.8) is 0 Å². The molecule has 0 bridgehead atoms. The first kappa shape index (κ1) is 16.3. The van der Waals surface area contributed by atoms with E-state index < -0.39 is 11.6 Å². The number of nitrogens with one attached hydrogen (secondary N) is 2. The van der Waals surface area contributed by atoms with Crippen LogP contribution in [0.5, 0.6) is 0 Å². The van der Waals surface area contributed by atoms with E-state index in [1.165, 1.54) is 30.5 Å². The van der Waals surface area contributed by atoms with E-state index in [0.717, 1.165) is 15.7 Å². The largest absolute Gasteiger partial charge is 0.335 e. The third kappa shape index (κ3) is 3.68. The molecule has 3 aromatic rings. The van der Waals surface area contributed by atoms with Gasteiger partial charge in [0.2, 0.25) is 5.95 Å². The maximum Gasteiger partial charge on any atom is 0.229 e. The number of hydrogen-bond acceptors (Lipinski definition) is 4. The second-order valence-corrected chi connectivity index (χ2v) is 5.93. The molecule has 4 nitrogen and oxygen atoms in total. The molecule has 122 valence electrons. The van der Waals surface area contributed by atoms with Gasteiger partial charge in [0.15, 0.2) is 0 Å². The monoisotopic (exact) mass is 390 g/mol. The number of para-hydroxylation sites is 1. The van der Waals surface area contributed by atoms with Crippen LogP contribution in [0.3, 0.4) is 0 Å². The fourth-order valence-corrected chi connectivity index (χ4v) is 2.41. The van der Waals surface area contributed by atoms with Crippen LogP contribution < -0.4 is 10.6 Å². The number of anilines is 4. The maximum absolute atomic E-state index is 13.7. The summed E-state index contributed by atoms with van der Waals surface area (Å²) >= 11 is 3.46. The summed E-state index contributed by atoms with van der Waals surface area (Å²) in [5, 5.41) is 5.68. The Morgan fingerprint density at radius 1 is 1.00 bits per heavy atom. The van der Waals surface area contributed by atoms with Crippen molar-refractivity contribution in [1.82, 2.24) is 9.97 Å². The van der Waals surface area contributed by atoms with Gasteiger partial charge in [-0.3, -0.25) is 0 Å². The Kier molecular flexibility index (Phi) is 4.71. The van der Waals surface area contributed by atoms with Crippen molar-refractivity contribution in [2.24, 2.45) is 0 Å². The Hall–Kier alpha value is -2.54. The minimum atomic E-state index is -0.689. The molecule has 7 heteroatoms. The molecule has 0 aliphatic heterocycles. The second-order valence-electron chi connectivity index (χ2n) is 5.08. The number of nitrogens with zero attached hydrogens (tertiary/aromatic N) is 2. The van der Waals surface area contributed by atoms with Crippen molar-refractivity contribution in [2.75, 3.05) is 10.6 Å². The molecule has 3 rings (SSSR count). The molecule has 2 N–H and O–H groups in total. The molecular weight excluding hydrogens is 378 g/mol. The van der Waals surface area contributed by atoms with Crippen molar-refractivity contribution in [3.05, 3.63) is 70.3 Å². The summed E-state index contributed by atoms with van der Waals surface area (Å²) in [4.78, 5) is 8.32. The van der Waals surface area contributed by atoms with Gasteiger partial charge in [0.25, 0.3) is 0 Å². The van der Waals surface area contributed by atoms with E-state index in [0.29, 0.717) is 5.95 Å². The van der Waals surface area contributed by atoms with Crippen molar-refractivity contribution >= 4 is 39.1 Å². The van der Waals surface area contributed by atoms with Gasteiger partial charge in [-0.25, -0.2) is 13.8 Å². The Balaban J connectivity index is 1.82. The lowest BCUT2D eigenvalue weighted by atomic mass is 10.2. The van der Waals surface area contributed by atoms with E-state index in [9.17, 15) is 8.78 Å². The van der Waals surface area contributed by atoms with Gasteiger partial charge in [0, 0.05) is 16.4 Å². The Morgan fingerprint density at radius 3 is 2.46 bits per heavy atom. The van der Waals surface area contributed by atoms with Crippen molar-refractivity contribution in [3.8, 4) is 0 Å². The summed E-state index contributed by atoms with van der Waals surface area (Å²) in [6.07, 6.45) is 1.50. The second kappa shape index (κ2) is 6.92. The molecule has 2 aromatic carbocycles. The molecule has 0 fully saturated rings. The highest BCUT2D eigenvalue weighted by atomic mass is 79.9. The predicted octanol–water partition coefficient (Wildman–Crippen LogP) is 5.31. The average Bonchev–Trinajstić information content (AvgIpc) is 2.55. The van der Waals surface area contributed by atoms with Crippen LogP contribution in [0, 0.1) is 18.6 Å². The lowest BCUT2D eigenvalue weighted by Crippen LogP contribution is -2.02. The standard InChI is InChI=1S/C17H13BrF2N4/c1-10-5-6-11(9-12(10)18)22-17-21-8-7-15(24-17)23-16-13(19)3-2-4-14(16)20/h2-9H,1H3,(H2,21,22,23,24). The lowest BCUT2D eigenvalue weighted by Gasteiger charge is -2.10. The molecule has 0 amide bonds. The highest BCUT2D eigenvalue weighted by molar-refractivity contribution is 9.10. The summed E-state index contributed by atoms with van der Waals surface area (Å²) < 4.78 is 28.4.